The van der Waals surface area contributed by atoms with Crippen molar-refractivity contribution in [2.45, 2.75) is 74.7 Å². The van der Waals surface area contributed by atoms with Gasteiger partial charge in [0.05, 0.1) is 0 Å². The number of hydrogen-bond acceptors (Lipinski definition) is 0. The van der Waals surface area contributed by atoms with Crippen LogP contribution in [0.15, 0.2) is 0 Å². The first-order valence-electron chi connectivity index (χ1n) is 6.67. The first kappa shape index (κ1) is 15.0. The van der Waals surface area contributed by atoms with Gasteiger partial charge < -0.3 is 0 Å². The van der Waals surface area contributed by atoms with Crippen LogP contribution >= 0.6 is 0 Å². The predicted molar refractivity (Wildman–Crippen MR) is 71.1 cm³/mol. The molecule has 15 heavy (non-hydrogen) atoms. The summed E-state index contributed by atoms with van der Waals surface area (Å²) in [5, 5.41) is 0. The summed E-state index contributed by atoms with van der Waals surface area (Å²) in [6.45, 7) is 19.1. The SMILES string of the molecule is CCC(C)CC(C)(CC)C(C)C(C)(C)C. The van der Waals surface area contributed by atoms with E-state index in [0.717, 1.165) is 11.8 Å². The van der Waals surface area contributed by atoms with Gasteiger partial charge in [-0.15, -0.1) is 0 Å². The van der Waals surface area contributed by atoms with Gasteiger partial charge in [-0.1, -0.05) is 68.2 Å². The second kappa shape index (κ2) is 5.37. The minimum absolute atomic E-state index is 0.429. The molecule has 92 valence electrons. The van der Waals surface area contributed by atoms with E-state index in [1.807, 2.05) is 0 Å². The molecule has 0 amide bonds. The molecular formula is C15H32. The minimum Gasteiger partial charge on any atom is -0.0651 e. The number of hydrogen-bond donors (Lipinski definition) is 0. The third-order valence-corrected chi connectivity index (χ3v) is 4.66. The Kier molecular flexibility index (Phi) is 5.37. The van der Waals surface area contributed by atoms with Crippen molar-refractivity contribution >= 4 is 0 Å². The lowest BCUT2D eigenvalue weighted by Crippen LogP contribution is -2.35. The topological polar surface area (TPSA) is 0 Å². The summed E-state index contributed by atoms with van der Waals surface area (Å²) in [5.74, 6) is 1.64. The lowest BCUT2D eigenvalue weighted by Gasteiger charge is -2.44. The van der Waals surface area contributed by atoms with Crippen LogP contribution in [-0.4, -0.2) is 0 Å². The van der Waals surface area contributed by atoms with Gasteiger partial charge >= 0.3 is 0 Å². The van der Waals surface area contributed by atoms with Gasteiger partial charge in [0, 0.05) is 0 Å². The van der Waals surface area contributed by atoms with E-state index in [0.29, 0.717) is 10.8 Å². The van der Waals surface area contributed by atoms with E-state index in [2.05, 4.69) is 55.4 Å². The van der Waals surface area contributed by atoms with Crippen LogP contribution in [0.3, 0.4) is 0 Å². The molecule has 0 aromatic carbocycles. The summed E-state index contributed by atoms with van der Waals surface area (Å²) in [7, 11) is 0. The maximum absolute atomic E-state index is 2.48. The van der Waals surface area contributed by atoms with Crippen molar-refractivity contribution in [3.63, 3.8) is 0 Å². The molecule has 0 rings (SSSR count). The van der Waals surface area contributed by atoms with Crippen molar-refractivity contribution in [2.75, 3.05) is 0 Å². The summed E-state index contributed by atoms with van der Waals surface area (Å²) in [6.07, 6.45) is 3.99. The fraction of sp³-hybridized carbons (Fsp3) is 1.00. The van der Waals surface area contributed by atoms with Crippen molar-refractivity contribution in [2.24, 2.45) is 22.7 Å². The van der Waals surface area contributed by atoms with Crippen LogP contribution < -0.4 is 0 Å². The van der Waals surface area contributed by atoms with E-state index < -0.39 is 0 Å². The van der Waals surface area contributed by atoms with E-state index in [1.165, 1.54) is 19.3 Å². The van der Waals surface area contributed by atoms with E-state index in [4.69, 9.17) is 0 Å². The Bertz CT molecular complexity index is 175. The largest absolute Gasteiger partial charge is 0.0651 e. The van der Waals surface area contributed by atoms with Crippen LogP contribution in [0.4, 0.5) is 0 Å². The monoisotopic (exact) mass is 212 g/mol. The highest BCUT2D eigenvalue weighted by atomic mass is 14.4. The lowest BCUT2D eigenvalue weighted by atomic mass is 9.61. The summed E-state index contributed by atoms with van der Waals surface area (Å²) in [6, 6.07) is 0. The molecule has 0 aliphatic rings. The van der Waals surface area contributed by atoms with Crippen LogP contribution in [0.1, 0.15) is 74.7 Å². The normalized spacial score (nSPS) is 20.8. The van der Waals surface area contributed by atoms with Gasteiger partial charge in [0.1, 0.15) is 0 Å². The second-order valence-corrected chi connectivity index (χ2v) is 6.81. The van der Waals surface area contributed by atoms with Crippen molar-refractivity contribution < 1.29 is 0 Å². The Morgan fingerprint density at radius 1 is 0.933 bits per heavy atom. The fourth-order valence-electron chi connectivity index (χ4n) is 2.61. The van der Waals surface area contributed by atoms with Crippen molar-refractivity contribution in [1.82, 2.24) is 0 Å². The molecule has 0 saturated heterocycles. The van der Waals surface area contributed by atoms with Crippen LogP contribution in [0, 0.1) is 22.7 Å². The van der Waals surface area contributed by atoms with Gasteiger partial charge in [-0.3, -0.25) is 0 Å². The smallest absolute Gasteiger partial charge is 0.0295 e. The Morgan fingerprint density at radius 2 is 1.40 bits per heavy atom. The Morgan fingerprint density at radius 3 is 1.67 bits per heavy atom. The van der Waals surface area contributed by atoms with Crippen LogP contribution in [0.2, 0.25) is 0 Å². The summed E-state index contributed by atoms with van der Waals surface area (Å²) in [5.41, 5.74) is 0.936. The summed E-state index contributed by atoms with van der Waals surface area (Å²) < 4.78 is 0. The zero-order chi connectivity index (χ0) is 12.3. The molecule has 0 nitrogen and oxygen atoms in total. The van der Waals surface area contributed by atoms with Crippen molar-refractivity contribution in [3.05, 3.63) is 0 Å². The van der Waals surface area contributed by atoms with Gasteiger partial charge in [0.2, 0.25) is 0 Å². The molecule has 0 heteroatoms. The molecule has 3 atom stereocenters. The first-order chi connectivity index (χ1) is 6.67. The molecule has 0 N–H and O–H groups in total. The average Bonchev–Trinajstić information content (AvgIpc) is 2.14. The standard InChI is InChI=1S/C15H32/c1-9-12(3)11-15(8,10-2)13(4)14(5,6)7/h12-13H,9-11H2,1-8H3. The molecule has 3 unspecified atom stereocenters. The minimum atomic E-state index is 0.429. The zero-order valence-corrected chi connectivity index (χ0v) is 12.3. The highest BCUT2D eigenvalue weighted by molar-refractivity contribution is 4.86. The van der Waals surface area contributed by atoms with Gasteiger partial charge in [-0.2, -0.15) is 0 Å². The molecule has 0 aromatic rings. The van der Waals surface area contributed by atoms with Crippen LogP contribution in [0.25, 0.3) is 0 Å². The molecule has 0 fully saturated rings. The Labute approximate surface area is 97.8 Å². The van der Waals surface area contributed by atoms with Gasteiger partial charge in [-0.05, 0) is 29.1 Å². The van der Waals surface area contributed by atoms with Crippen molar-refractivity contribution in [1.29, 1.82) is 0 Å². The molecule has 0 spiro atoms. The quantitative estimate of drug-likeness (QED) is 0.563. The summed E-state index contributed by atoms with van der Waals surface area (Å²) >= 11 is 0. The Hall–Kier alpha value is 0. The van der Waals surface area contributed by atoms with E-state index in [9.17, 15) is 0 Å². The maximum Gasteiger partial charge on any atom is -0.0295 e. The first-order valence-corrected chi connectivity index (χ1v) is 6.67. The lowest BCUT2D eigenvalue weighted by molar-refractivity contribution is 0.0585. The molecule has 0 aliphatic heterocycles. The predicted octanol–water partition coefficient (Wildman–Crippen LogP) is 5.52. The van der Waals surface area contributed by atoms with Crippen LogP contribution in [-0.2, 0) is 0 Å². The second-order valence-electron chi connectivity index (χ2n) is 6.81. The molecule has 0 aromatic heterocycles. The molecular weight excluding hydrogens is 180 g/mol. The molecule has 0 aliphatic carbocycles. The highest BCUT2D eigenvalue weighted by Gasteiger charge is 2.37. The molecule has 0 bridgehead atoms. The molecule has 0 radical (unpaired) electrons. The van der Waals surface area contributed by atoms with Gasteiger partial charge in [-0.25, -0.2) is 0 Å². The maximum atomic E-state index is 2.48. The van der Waals surface area contributed by atoms with E-state index >= 15 is 0 Å². The fourth-order valence-corrected chi connectivity index (χ4v) is 2.61. The third-order valence-electron chi connectivity index (χ3n) is 4.66. The molecule has 0 heterocycles. The van der Waals surface area contributed by atoms with E-state index in [-0.39, 0.29) is 0 Å². The van der Waals surface area contributed by atoms with Gasteiger partial charge in [0.25, 0.3) is 0 Å². The highest BCUT2D eigenvalue weighted by Crippen LogP contribution is 2.46. The summed E-state index contributed by atoms with van der Waals surface area (Å²) in [4.78, 5) is 0. The van der Waals surface area contributed by atoms with Gasteiger partial charge in [0.15, 0.2) is 0 Å². The number of rotatable bonds is 5. The zero-order valence-electron chi connectivity index (χ0n) is 12.3. The molecule has 0 saturated carbocycles. The van der Waals surface area contributed by atoms with Crippen LogP contribution in [0.5, 0.6) is 0 Å². The third kappa shape index (κ3) is 4.17. The Balaban J connectivity index is 4.69. The van der Waals surface area contributed by atoms with Crippen molar-refractivity contribution in [3.8, 4) is 0 Å². The average molecular weight is 212 g/mol. The van der Waals surface area contributed by atoms with E-state index in [1.54, 1.807) is 0 Å².